The second-order valence-corrected chi connectivity index (χ2v) is 7.01. The summed E-state index contributed by atoms with van der Waals surface area (Å²) in [5.41, 5.74) is -0.541. The van der Waals surface area contributed by atoms with Gasteiger partial charge in [-0.25, -0.2) is 17.6 Å². The van der Waals surface area contributed by atoms with Crippen LogP contribution in [0.4, 0.5) is 23.2 Å². The van der Waals surface area contributed by atoms with Gasteiger partial charge in [0.25, 0.3) is 5.91 Å². The summed E-state index contributed by atoms with van der Waals surface area (Å²) in [5.74, 6) is -5.73. The fourth-order valence-electron chi connectivity index (χ4n) is 2.92. The van der Waals surface area contributed by atoms with Gasteiger partial charge >= 0.3 is 0 Å². The Kier molecular flexibility index (Phi) is 7.70. The van der Waals surface area contributed by atoms with Crippen LogP contribution >= 0.6 is 0 Å². The van der Waals surface area contributed by atoms with Gasteiger partial charge in [-0.3, -0.25) is 9.59 Å². The average Bonchev–Trinajstić information content (AvgIpc) is 3.27. The number of rotatable bonds is 9. The minimum absolute atomic E-state index is 0.0113. The van der Waals surface area contributed by atoms with Crippen molar-refractivity contribution < 1.29 is 36.3 Å². The molecule has 6 nitrogen and oxygen atoms in total. The molecule has 1 aromatic heterocycles. The minimum atomic E-state index is -1.71. The van der Waals surface area contributed by atoms with Crippen molar-refractivity contribution in [2.45, 2.75) is 20.0 Å². The molecular weight excluding hydrogens is 444 g/mol. The summed E-state index contributed by atoms with van der Waals surface area (Å²) in [6, 6.07) is 9.89. The van der Waals surface area contributed by atoms with Crippen LogP contribution in [0.2, 0.25) is 0 Å². The molecule has 2 aromatic carbocycles. The number of carbonyl (C=O) groups excluding carboxylic acids is 2. The van der Waals surface area contributed by atoms with E-state index in [0.29, 0.717) is 24.0 Å². The van der Waals surface area contributed by atoms with Crippen LogP contribution in [0.3, 0.4) is 0 Å². The van der Waals surface area contributed by atoms with Gasteiger partial charge in [0.15, 0.2) is 23.2 Å². The molecule has 0 spiro atoms. The molecular formula is C23H20F4N2O4. The lowest BCUT2D eigenvalue weighted by Gasteiger charge is -2.20. The maximum atomic E-state index is 13.8. The van der Waals surface area contributed by atoms with Gasteiger partial charge in [-0.15, -0.1) is 0 Å². The van der Waals surface area contributed by atoms with E-state index in [2.05, 4.69) is 5.32 Å². The molecule has 0 radical (unpaired) electrons. The van der Waals surface area contributed by atoms with E-state index in [0.717, 1.165) is 6.07 Å². The molecule has 0 aliphatic rings. The number of anilines is 1. The maximum Gasteiger partial charge on any atom is 0.290 e. The van der Waals surface area contributed by atoms with Gasteiger partial charge in [-0.2, -0.15) is 0 Å². The van der Waals surface area contributed by atoms with E-state index in [9.17, 15) is 27.2 Å². The van der Waals surface area contributed by atoms with Gasteiger partial charge in [-0.1, -0.05) is 6.92 Å². The monoisotopic (exact) mass is 464 g/mol. The van der Waals surface area contributed by atoms with Crippen molar-refractivity contribution in [1.29, 1.82) is 0 Å². The Hall–Kier alpha value is -3.82. The van der Waals surface area contributed by atoms with Crippen molar-refractivity contribution in [2.75, 3.05) is 18.4 Å². The first-order valence-corrected chi connectivity index (χ1v) is 9.98. The Morgan fingerprint density at radius 1 is 0.970 bits per heavy atom. The average molecular weight is 464 g/mol. The second-order valence-electron chi connectivity index (χ2n) is 7.01. The van der Waals surface area contributed by atoms with Gasteiger partial charge in [0.1, 0.15) is 30.5 Å². The van der Waals surface area contributed by atoms with Crippen LogP contribution < -0.4 is 10.1 Å². The first kappa shape index (κ1) is 23.8. The Morgan fingerprint density at radius 2 is 1.70 bits per heavy atom. The zero-order valence-electron chi connectivity index (χ0n) is 17.5. The van der Waals surface area contributed by atoms with E-state index >= 15 is 0 Å². The van der Waals surface area contributed by atoms with E-state index in [1.54, 1.807) is 6.92 Å². The van der Waals surface area contributed by atoms with Crippen LogP contribution in [0.25, 0.3) is 0 Å². The molecule has 1 N–H and O–H groups in total. The summed E-state index contributed by atoms with van der Waals surface area (Å²) >= 11 is 0. The molecule has 10 heteroatoms. The number of hydrogen-bond acceptors (Lipinski definition) is 4. The Bertz CT molecular complexity index is 1130. The molecule has 174 valence electrons. The number of benzene rings is 2. The summed E-state index contributed by atoms with van der Waals surface area (Å²) in [7, 11) is 0. The summed E-state index contributed by atoms with van der Waals surface area (Å²) in [6.07, 6.45) is 0.514. The van der Waals surface area contributed by atoms with Gasteiger partial charge in [0.2, 0.25) is 5.91 Å². The first-order valence-electron chi connectivity index (χ1n) is 9.98. The lowest BCUT2D eigenvalue weighted by molar-refractivity contribution is -0.116. The lowest BCUT2D eigenvalue weighted by atomic mass is 10.2. The normalized spacial score (nSPS) is 10.7. The molecule has 0 aliphatic carbocycles. The number of nitrogens with zero attached hydrogens (tertiary/aromatic N) is 1. The zero-order chi connectivity index (χ0) is 24.0. The van der Waals surface area contributed by atoms with Crippen LogP contribution in [0.5, 0.6) is 5.75 Å². The number of amides is 2. The van der Waals surface area contributed by atoms with Crippen LogP contribution in [0.1, 0.15) is 29.7 Å². The predicted molar refractivity (Wildman–Crippen MR) is 111 cm³/mol. The zero-order valence-corrected chi connectivity index (χ0v) is 17.5. The van der Waals surface area contributed by atoms with Crippen LogP contribution in [-0.4, -0.2) is 29.8 Å². The molecule has 0 fully saturated rings. The molecule has 3 aromatic rings. The Labute approximate surface area is 186 Å². The van der Waals surface area contributed by atoms with Crippen molar-refractivity contribution in [2.24, 2.45) is 0 Å². The molecule has 3 rings (SSSR count). The summed E-state index contributed by atoms with van der Waals surface area (Å²) in [6.45, 7) is 1.50. The molecule has 0 unspecified atom stereocenters. The van der Waals surface area contributed by atoms with Gasteiger partial charge in [0.05, 0.1) is 5.69 Å². The van der Waals surface area contributed by atoms with Gasteiger partial charge in [-0.05, 0) is 55.0 Å². The molecule has 0 aliphatic heterocycles. The fraction of sp³-hybridized carbons (Fsp3) is 0.217. The van der Waals surface area contributed by atoms with Crippen LogP contribution in [-0.2, 0) is 11.4 Å². The van der Waals surface area contributed by atoms with Crippen LogP contribution in [0.15, 0.2) is 52.9 Å². The third-order valence-corrected chi connectivity index (χ3v) is 4.49. The number of hydrogen-bond donors (Lipinski definition) is 1. The molecule has 33 heavy (non-hydrogen) atoms. The number of furan rings is 1. The first-order chi connectivity index (χ1) is 15.8. The lowest BCUT2D eigenvalue weighted by Crippen LogP contribution is -2.38. The summed E-state index contributed by atoms with van der Waals surface area (Å²) in [5, 5.41) is 2.13. The number of carbonyl (C=O) groups is 2. The van der Waals surface area contributed by atoms with E-state index in [-0.39, 0.29) is 18.9 Å². The highest BCUT2D eigenvalue weighted by atomic mass is 19.2. The van der Waals surface area contributed by atoms with Crippen molar-refractivity contribution >= 4 is 17.5 Å². The third kappa shape index (κ3) is 6.12. The van der Waals surface area contributed by atoms with E-state index in [1.165, 1.54) is 41.3 Å². The highest BCUT2D eigenvalue weighted by Gasteiger charge is 2.23. The van der Waals surface area contributed by atoms with E-state index < -0.39 is 47.3 Å². The van der Waals surface area contributed by atoms with E-state index in [1.807, 2.05) is 0 Å². The van der Waals surface area contributed by atoms with E-state index in [4.69, 9.17) is 9.15 Å². The Balaban J connectivity index is 1.63. The predicted octanol–water partition coefficient (Wildman–Crippen LogP) is 4.91. The minimum Gasteiger partial charge on any atom is -0.486 e. The molecule has 1 heterocycles. The van der Waals surface area contributed by atoms with Gasteiger partial charge < -0.3 is 19.4 Å². The highest BCUT2D eigenvalue weighted by Crippen LogP contribution is 2.20. The van der Waals surface area contributed by atoms with Crippen LogP contribution in [0, 0.1) is 23.3 Å². The highest BCUT2D eigenvalue weighted by molar-refractivity contribution is 5.98. The molecule has 0 bridgehead atoms. The number of nitrogens with one attached hydrogen (secondary N) is 1. The fourth-order valence-corrected chi connectivity index (χ4v) is 2.92. The third-order valence-electron chi connectivity index (χ3n) is 4.49. The number of halogens is 4. The second kappa shape index (κ2) is 10.7. The standard InChI is InChI=1S/C23H20F4N2O4/c1-2-11-29(12-20(30)28-18-9-8-17(25)21(26)22(18)27)23(31)19-10-7-16(33-19)13-32-15-5-3-14(24)4-6-15/h3-10H,2,11-13H2,1H3,(H,28,30). The molecule has 0 atom stereocenters. The maximum absolute atomic E-state index is 13.8. The van der Waals surface area contributed by atoms with Crippen molar-refractivity contribution in [3.63, 3.8) is 0 Å². The quantitative estimate of drug-likeness (QED) is 0.361. The number of ether oxygens (including phenoxy) is 1. The van der Waals surface area contributed by atoms with Crippen molar-refractivity contribution in [3.05, 3.63) is 83.3 Å². The molecule has 0 saturated carbocycles. The molecule has 0 saturated heterocycles. The smallest absolute Gasteiger partial charge is 0.290 e. The summed E-state index contributed by atoms with van der Waals surface area (Å²) in [4.78, 5) is 26.3. The van der Waals surface area contributed by atoms with Gasteiger partial charge in [0, 0.05) is 6.54 Å². The summed E-state index contributed by atoms with van der Waals surface area (Å²) < 4.78 is 64.1. The molecule has 2 amide bonds. The van der Waals surface area contributed by atoms with Crippen molar-refractivity contribution in [1.82, 2.24) is 4.90 Å². The Morgan fingerprint density at radius 3 is 2.39 bits per heavy atom. The topological polar surface area (TPSA) is 71.8 Å². The largest absolute Gasteiger partial charge is 0.486 e. The SMILES string of the molecule is CCCN(CC(=O)Nc1ccc(F)c(F)c1F)C(=O)c1ccc(COc2ccc(F)cc2)o1. The van der Waals surface area contributed by atoms with Crippen molar-refractivity contribution in [3.8, 4) is 5.75 Å².